The van der Waals surface area contributed by atoms with Gasteiger partial charge in [-0.1, -0.05) is 29.4 Å². The lowest BCUT2D eigenvalue weighted by Gasteiger charge is -2.09. The van der Waals surface area contributed by atoms with Crippen LogP contribution in [-0.2, 0) is 13.2 Å². The second-order valence-corrected chi connectivity index (χ2v) is 7.89. The molecule has 8 heteroatoms. The Hall–Kier alpha value is -3.94. The molecule has 0 aliphatic carbocycles. The third-order valence-electron chi connectivity index (χ3n) is 5.60. The van der Waals surface area contributed by atoms with Gasteiger partial charge in [0, 0.05) is 0 Å². The molecule has 0 aliphatic heterocycles. The van der Waals surface area contributed by atoms with Crippen molar-refractivity contribution in [1.29, 1.82) is 0 Å². The summed E-state index contributed by atoms with van der Waals surface area (Å²) < 4.78 is 25.9. The van der Waals surface area contributed by atoms with E-state index in [1.807, 2.05) is 30.7 Å². The van der Waals surface area contributed by atoms with E-state index < -0.39 is 5.91 Å². The summed E-state index contributed by atoms with van der Waals surface area (Å²) in [7, 11) is 0. The molecule has 0 saturated carbocycles. The number of nitrogens with zero attached hydrogens (tertiary/aromatic N) is 3. The molecule has 0 saturated heterocycles. The number of rotatable bonds is 7. The topological polar surface area (TPSA) is 82.2 Å². The average Bonchev–Trinajstić information content (AvgIpc) is 3.29. The second kappa shape index (κ2) is 9.28. The Labute approximate surface area is 191 Å². The van der Waals surface area contributed by atoms with Gasteiger partial charge in [-0.2, -0.15) is 5.10 Å². The molecule has 2 aromatic carbocycles. The zero-order valence-corrected chi connectivity index (χ0v) is 19.0. The summed E-state index contributed by atoms with van der Waals surface area (Å²) in [6.45, 7) is 8.21. The largest absolute Gasteiger partial charge is 0.489 e. The normalized spacial score (nSPS) is 10.9. The molecule has 0 spiro atoms. The maximum atomic E-state index is 13.1. The Morgan fingerprint density at radius 2 is 1.82 bits per heavy atom. The van der Waals surface area contributed by atoms with Crippen LogP contribution in [-0.4, -0.2) is 20.8 Å². The van der Waals surface area contributed by atoms with Crippen LogP contribution in [0.15, 0.2) is 53.1 Å². The average molecular weight is 448 g/mol. The van der Waals surface area contributed by atoms with Gasteiger partial charge in [-0.05, 0) is 63.1 Å². The molecule has 7 nitrogen and oxygen atoms in total. The van der Waals surface area contributed by atoms with E-state index in [9.17, 15) is 9.18 Å². The van der Waals surface area contributed by atoms with Crippen molar-refractivity contribution in [3.05, 3.63) is 93.9 Å². The Bertz CT molecular complexity index is 1290. The van der Waals surface area contributed by atoms with Crippen LogP contribution in [0.25, 0.3) is 0 Å². The summed E-state index contributed by atoms with van der Waals surface area (Å²) >= 11 is 0. The van der Waals surface area contributed by atoms with E-state index in [0.717, 1.165) is 11.3 Å². The maximum Gasteiger partial charge on any atom is 0.278 e. The highest BCUT2D eigenvalue weighted by Crippen LogP contribution is 2.24. The first-order valence-corrected chi connectivity index (χ1v) is 10.6. The second-order valence-electron chi connectivity index (χ2n) is 7.89. The first kappa shape index (κ1) is 22.3. The van der Waals surface area contributed by atoms with Gasteiger partial charge in [0.25, 0.3) is 5.91 Å². The van der Waals surface area contributed by atoms with Gasteiger partial charge in [0.05, 0.1) is 29.2 Å². The Kier molecular flexibility index (Phi) is 6.26. The first-order valence-electron chi connectivity index (χ1n) is 10.6. The fourth-order valence-electron chi connectivity index (χ4n) is 3.58. The van der Waals surface area contributed by atoms with Crippen LogP contribution < -0.4 is 10.1 Å². The van der Waals surface area contributed by atoms with E-state index in [1.54, 1.807) is 6.92 Å². The van der Waals surface area contributed by atoms with Gasteiger partial charge < -0.3 is 14.6 Å². The molecule has 0 radical (unpaired) electrons. The minimum absolute atomic E-state index is 0.0637. The predicted molar refractivity (Wildman–Crippen MR) is 122 cm³/mol. The highest BCUT2D eigenvalue weighted by Gasteiger charge is 2.23. The molecule has 2 aromatic heterocycles. The quantitative estimate of drug-likeness (QED) is 0.424. The zero-order chi connectivity index (χ0) is 23.5. The third kappa shape index (κ3) is 4.79. The van der Waals surface area contributed by atoms with Crippen molar-refractivity contribution in [3.8, 4) is 5.75 Å². The Balaban J connectivity index is 1.51. The van der Waals surface area contributed by atoms with E-state index in [4.69, 9.17) is 9.26 Å². The van der Waals surface area contributed by atoms with Gasteiger partial charge in [0.15, 0.2) is 5.69 Å². The SMILES string of the molecule is Cc1ccccc1Cn1nc(C)c(NC(=O)c2noc(C)c2COc2ccc(F)cc2)c1C. The predicted octanol–water partition coefficient (Wildman–Crippen LogP) is 5.12. The number of carbonyl (C=O) groups excluding carboxylic acids is 1. The molecular formula is C25H25FN4O3. The summed E-state index contributed by atoms with van der Waals surface area (Å²) in [5, 5.41) is 11.5. The number of nitrogens with one attached hydrogen (secondary N) is 1. The molecule has 4 rings (SSSR count). The molecule has 0 bridgehead atoms. The molecule has 0 aliphatic rings. The summed E-state index contributed by atoms with van der Waals surface area (Å²) in [6.07, 6.45) is 0. The van der Waals surface area contributed by atoms with Crippen LogP contribution in [0.2, 0.25) is 0 Å². The first-order chi connectivity index (χ1) is 15.8. The lowest BCUT2D eigenvalue weighted by atomic mass is 10.1. The highest BCUT2D eigenvalue weighted by molar-refractivity contribution is 6.04. The summed E-state index contributed by atoms with van der Waals surface area (Å²) in [6, 6.07) is 13.8. The van der Waals surface area contributed by atoms with Gasteiger partial charge in [-0.25, -0.2) is 4.39 Å². The lowest BCUT2D eigenvalue weighted by Crippen LogP contribution is -2.16. The zero-order valence-electron chi connectivity index (χ0n) is 19.0. The number of hydrogen-bond acceptors (Lipinski definition) is 5. The van der Waals surface area contributed by atoms with E-state index in [1.165, 1.54) is 29.8 Å². The van der Waals surface area contributed by atoms with Crippen molar-refractivity contribution >= 4 is 11.6 Å². The number of anilines is 1. The van der Waals surface area contributed by atoms with Crippen molar-refractivity contribution < 1.29 is 18.4 Å². The number of halogens is 1. The molecule has 0 fully saturated rings. The summed E-state index contributed by atoms with van der Waals surface area (Å²) in [4.78, 5) is 13.1. The van der Waals surface area contributed by atoms with Crippen LogP contribution >= 0.6 is 0 Å². The van der Waals surface area contributed by atoms with Crippen LogP contribution in [0.5, 0.6) is 5.75 Å². The minimum Gasteiger partial charge on any atom is -0.489 e. The number of aryl methyl sites for hydroxylation is 3. The third-order valence-corrected chi connectivity index (χ3v) is 5.60. The maximum absolute atomic E-state index is 13.1. The van der Waals surface area contributed by atoms with Crippen molar-refractivity contribution in [2.45, 2.75) is 40.8 Å². The van der Waals surface area contributed by atoms with Crippen molar-refractivity contribution in [2.75, 3.05) is 5.32 Å². The molecule has 1 N–H and O–H groups in total. The van der Waals surface area contributed by atoms with E-state index in [-0.39, 0.29) is 18.1 Å². The van der Waals surface area contributed by atoms with Gasteiger partial charge in [-0.3, -0.25) is 9.48 Å². The lowest BCUT2D eigenvalue weighted by molar-refractivity contribution is 0.101. The summed E-state index contributed by atoms with van der Waals surface area (Å²) in [5.74, 6) is 0.196. The van der Waals surface area contributed by atoms with Crippen LogP contribution in [0.4, 0.5) is 10.1 Å². The van der Waals surface area contributed by atoms with E-state index >= 15 is 0 Å². The molecule has 0 atom stereocenters. The molecule has 1 amide bonds. The van der Waals surface area contributed by atoms with Gasteiger partial charge in [-0.15, -0.1) is 0 Å². The van der Waals surface area contributed by atoms with Crippen molar-refractivity contribution in [3.63, 3.8) is 0 Å². The van der Waals surface area contributed by atoms with Crippen molar-refractivity contribution in [1.82, 2.24) is 14.9 Å². The molecular weight excluding hydrogens is 423 g/mol. The van der Waals surface area contributed by atoms with Crippen LogP contribution in [0.1, 0.15) is 44.3 Å². The number of carbonyl (C=O) groups is 1. The van der Waals surface area contributed by atoms with Gasteiger partial charge in [0.2, 0.25) is 0 Å². The molecule has 4 aromatic rings. The van der Waals surface area contributed by atoms with E-state index in [2.05, 4.69) is 34.6 Å². The van der Waals surface area contributed by atoms with Gasteiger partial charge in [0.1, 0.15) is 23.9 Å². The minimum atomic E-state index is -0.411. The fraction of sp³-hybridized carbons (Fsp3) is 0.240. The Morgan fingerprint density at radius 1 is 1.09 bits per heavy atom. The fourth-order valence-corrected chi connectivity index (χ4v) is 3.58. The van der Waals surface area contributed by atoms with Gasteiger partial charge >= 0.3 is 0 Å². The standard InChI is InChI=1S/C25H25FN4O3/c1-15-7-5-6-8-19(15)13-30-17(3)23(16(2)28-30)27-25(31)24-22(18(4)33-29-24)14-32-21-11-9-20(26)10-12-21/h5-12H,13-14H2,1-4H3,(H,27,31). The Morgan fingerprint density at radius 3 is 2.55 bits per heavy atom. The molecule has 0 unspecified atom stereocenters. The monoisotopic (exact) mass is 448 g/mol. The number of ether oxygens (including phenoxy) is 1. The van der Waals surface area contributed by atoms with E-state index in [0.29, 0.717) is 35.0 Å². The van der Waals surface area contributed by atoms with Crippen molar-refractivity contribution in [2.24, 2.45) is 0 Å². The molecule has 170 valence electrons. The molecule has 33 heavy (non-hydrogen) atoms. The molecule has 2 heterocycles. The number of hydrogen-bond donors (Lipinski definition) is 1. The highest BCUT2D eigenvalue weighted by atomic mass is 19.1. The summed E-state index contributed by atoms with van der Waals surface area (Å²) in [5.41, 5.74) is 5.19. The number of aromatic nitrogens is 3. The van der Waals surface area contributed by atoms with Crippen LogP contribution in [0, 0.1) is 33.5 Å². The van der Waals surface area contributed by atoms with Crippen LogP contribution in [0.3, 0.4) is 0 Å². The number of amides is 1. The smallest absolute Gasteiger partial charge is 0.278 e. The number of benzene rings is 2.